The van der Waals surface area contributed by atoms with Crippen LogP contribution in [0.4, 0.5) is 0 Å². The van der Waals surface area contributed by atoms with Crippen molar-refractivity contribution in [3.63, 3.8) is 0 Å². The Labute approximate surface area is 203 Å². The summed E-state index contributed by atoms with van der Waals surface area (Å²) in [6, 6.07) is 21.9. The fourth-order valence-corrected chi connectivity index (χ4v) is 4.50. The maximum absolute atomic E-state index is 13.2. The lowest BCUT2D eigenvalue weighted by Gasteiger charge is -2.13. The molecule has 0 fully saturated rings. The molecule has 2 heterocycles. The van der Waals surface area contributed by atoms with Gasteiger partial charge in [-0.25, -0.2) is 10.4 Å². The van der Waals surface area contributed by atoms with Crippen molar-refractivity contribution in [1.82, 2.24) is 20.0 Å². The number of para-hydroxylation sites is 2. The lowest BCUT2D eigenvalue weighted by atomic mass is 10.2. The Bertz CT molecular complexity index is 1590. The van der Waals surface area contributed by atoms with E-state index in [0.717, 1.165) is 28.2 Å². The largest absolute Gasteiger partial charge is 0.361 e. The van der Waals surface area contributed by atoms with Gasteiger partial charge in [-0.1, -0.05) is 53.7 Å². The van der Waals surface area contributed by atoms with Gasteiger partial charge in [0.05, 0.1) is 28.6 Å². The predicted molar refractivity (Wildman–Crippen MR) is 137 cm³/mol. The fourth-order valence-electron chi connectivity index (χ4n) is 3.56. The molecule has 2 aromatic heterocycles. The van der Waals surface area contributed by atoms with Gasteiger partial charge in [-0.2, -0.15) is 5.10 Å². The molecule has 0 aliphatic carbocycles. The normalized spacial score (nSPS) is 11.4. The van der Waals surface area contributed by atoms with Gasteiger partial charge in [0.15, 0.2) is 5.16 Å². The minimum Gasteiger partial charge on any atom is -0.361 e. The molecule has 34 heavy (non-hydrogen) atoms. The van der Waals surface area contributed by atoms with Crippen LogP contribution in [0.1, 0.15) is 5.56 Å². The summed E-state index contributed by atoms with van der Waals surface area (Å²) in [5, 5.41) is 6.55. The average molecular weight is 488 g/mol. The number of amides is 1. The Balaban J connectivity index is 1.36. The molecule has 0 aliphatic heterocycles. The van der Waals surface area contributed by atoms with Crippen LogP contribution >= 0.6 is 23.4 Å². The van der Waals surface area contributed by atoms with Crippen LogP contribution in [0.15, 0.2) is 94.0 Å². The van der Waals surface area contributed by atoms with E-state index in [0.29, 0.717) is 26.8 Å². The number of nitrogens with one attached hydrogen (secondary N) is 2. The van der Waals surface area contributed by atoms with Crippen LogP contribution in [0, 0.1) is 0 Å². The van der Waals surface area contributed by atoms with Gasteiger partial charge in [0.2, 0.25) is 0 Å². The summed E-state index contributed by atoms with van der Waals surface area (Å²) < 4.78 is 1.49. The molecular formula is C25H18ClN5O2S. The van der Waals surface area contributed by atoms with E-state index in [2.05, 4.69) is 20.5 Å². The molecule has 0 unspecified atom stereocenters. The SMILES string of the molecule is O=C(CSc1nc2ccccc2c(=O)n1-c1ccc(Cl)cc1)N/N=C/c1c[nH]c2ccccc12. The molecule has 168 valence electrons. The Morgan fingerprint density at radius 2 is 1.79 bits per heavy atom. The van der Waals surface area contributed by atoms with E-state index in [4.69, 9.17) is 11.6 Å². The van der Waals surface area contributed by atoms with Crippen LogP contribution in [-0.2, 0) is 4.79 Å². The number of carbonyl (C=O) groups is 1. The maximum atomic E-state index is 13.2. The molecule has 9 heteroatoms. The number of halogens is 1. The minimum absolute atomic E-state index is 0.0313. The second-order valence-electron chi connectivity index (χ2n) is 7.40. The molecule has 3 aromatic carbocycles. The molecule has 5 rings (SSSR count). The van der Waals surface area contributed by atoms with Crippen molar-refractivity contribution < 1.29 is 4.79 Å². The van der Waals surface area contributed by atoms with Crippen LogP contribution in [0.3, 0.4) is 0 Å². The molecule has 0 saturated carbocycles. The number of fused-ring (bicyclic) bond motifs is 2. The molecule has 0 bridgehead atoms. The lowest BCUT2D eigenvalue weighted by molar-refractivity contribution is -0.118. The summed E-state index contributed by atoms with van der Waals surface area (Å²) in [6.45, 7) is 0. The summed E-state index contributed by atoms with van der Waals surface area (Å²) in [5.41, 5.74) is 5.37. The second-order valence-corrected chi connectivity index (χ2v) is 8.78. The van der Waals surface area contributed by atoms with Crippen molar-refractivity contribution in [2.24, 2.45) is 5.10 Å². The summed E-state index contributed by atoms with van der Waals surface area (Å²) in [7, 11) is 0. The Morgan fingerprint density at radius 3 is 2.62 bits per heavy atom. The van der Waals surface area contributed by atoms with Crippen LogP contribution < -0.4 is 11.0 Å². The number of rotatable bonds is 6. The van der Waals surface area contributed by atoms with Crippen LogP contribution in [0.2, 0.25) is 5.02 Å². The second kappa shape index (κ2) is 9.54. The highest BCUT2D eigenvalue weighted by Gasteiger charge is 2.14. The van der Waals surface area contributed by atoms with E-state index >= 15 is 0 Å². The van der Waals surface area contributed by atoms with E-state index in [-0.39, 0.29) is 17.2 Å². The highest BCUT2D eigenvalue weighted by molar-refractivity contribution is 7.99. The van der Waals surface area contributed by atoms with Crippen molar-refractivity contribution in [1.29, 1.82) is 0 Å². The van der Waals surface area contributed by atoms with Gasteiger partial charge in [-0.15, -0.1) is 0 Å². The minimum atomic E-state index is -0.314. The molecule has 7 nitrogen and oxygen atoms in total. The molecule has 1 amide bonds. The quantitative estimate of drug-likeness (QED) is 0.156. The Hall–Kier alpha value is -3.88. The van der Waals surface area contributed by atoms with Gasteiger partial charge in [0.1, 0.15) is 0 Å². The van der Waals surface area contributed by atoms with E-state index in [9.17, 15) is 9.59 Å². The number of aromatic nitrogens is 3. The third kappa shape index (κ3) is 4.46. The molecule has 0 spiro atoms. The molecule has 0 aliphatic rings. The first-order valence-corrected chi connectivity index (χ1v) is 11.7. The van der Waals surface area contributed by atoms with Gasteiger partial charge >= 0.3 is 0 Å². The molecule has 0 saturated heterocycles. The predicted octanol–water partition coefficient (Wildman–Crippen LogP) is 4.76. The number of carbonyl (C=O) groups excluding carboxylic acids is 1. The van der Waals surface area contributed by atoms with E-state index in [1.165, 1.54) is 4.57 Å². The average Bonchev–Trinajstić information content (AvgIpc) is 3.27. The number of benzene rings is 3. The van der Waals surface area contributed by atoms with E-state index in [1.807, 2.05) is 36.5 Å². The lowest BCUT2D eigenvalue weighted by Crippen LogP contribution is -2.24. The zero-order valence-electron chi connectivity index (χ0n) is 17.7. The summed E-state index contributed by atoms with van der Waals surface area (Å²) in [4.78, 5) is 33.5. The van der Waals surface area contributed by atoms with Gasteiger partial charge in [0, 0.05) is 27.7 Å². The molecule has 2 N–H and O–H groups in total. The number of aromatic amines is 1. The number of thioether (sulfide) groups is 1. The first-order chi connectivity index (χ1) is 16.6. The molecular weight excluding hydrogens is 470 g/mol. The zero-order valence-corrected chi connectivity index (χ0v) is 19.3. The van der Waals surface area contributed by atoms with Crippen molar-refractivity contribution in [3.05, 3.63) is 99.9 Å². The van der Waals surface area contributed by atoms with Gasteiger partial charge < -0.3 is 4.98 Å². The monoisotopic (exact) mass is 487 g/mol. The van der Waals surface area contributed by atoms with Gasteiger partial charge in [-0.3, -0.25) is 14.2 Å². The molecule has 0 radical (unpaired) electrons. The highest BCUT2D eigenvalue weighted by atomic mass is 35.5. The zero-order chi connectivity index (χ0) is 23.5. The summed E-state index contributed by atoms with van der Waals surface area (Å²) in [5.74, 6) is -0.282. The van der Waals surface area contributed by atoms with Crippen molar-refractivity contribution >= 4 is 57.3 Å². The Morgan fingerprint density at radius 1 is 1.06 bits per heavy atom. The smallest absolute Gasteiger partial charge is 0.266 e. The fraction of sp³-hybridized carbons (Fsp3) is 0.0400. The van der Waals surface area contributed by atoms with Crippen molar-refractivity contribution in [2.45, 2.75) is 5.16 Å². The summed E-state index contributed by atoms with van der Waals surface area (Å²) in [6.07, 6.45) is 3.43. The Kier molecular flexibility index (Phi) is 6.16. The maximum Gasteiger partial charge on any atom is 0.266 e. The van der Waals surface area contributed by atoms with E-state index in [1.54, 1.807) is 48.7 Å². The van der Waals surface area contributed by atoms with E-state index < -0.39 is 0 Å². The number of nitrogens with zero attached hydrogens (tertiary/aromatic N) is 3. The number of hydrogen-bond acceptors (Lipinski definition) is 5. The third-order valence-corrected chi connectivity index (χ3v) is 6.37. The van der Waals surface area contributed by atoms with Crippen LogP contribution in [0.25, 0.3) is 27.5 Å². The topological polar surface area (TPSA) is 92.1 Å². The first-order valence-electron chi connectivity index (χ1n) is 10.4. The highest BCUT2D eigenvalue weighted by Crippen LogP contribution is 2.22. The number of hydrazone groups is 1. The number of H-pyrrole nitrogens is 1. The van der Waals surface area contributed by atoms with Crippen LogP contribution in [0.5, 0.6) is 0 Å². The number of hydrogen-bond donors (Lipinski definition) is 2. The van der Waals surface area contributed by atoms with Crippen molar-refractivity contribution in [3.8, 4) is 5.69 Å². The van der Waals surface area contributed by atoms with Crippen molar-refractivity contribution in [2.75, 3.05) is 5.75 Å². The standard InChI is InChI=1S/C25H18ClN5O2S/c26-17-9-11-18(12-10-17)31-24(33)20-6-2-4-8-22(20)29-25(31)34-15-23(32)30-28-14-16-13-27-21-7-3-1-5-19(16)21/h1-14,27H,15H2,(H,30,32)/b28-14+. The summed E-state index contributed by atoms with van der Waals surface area (Å²) >= 11 is 7.18. The van der Waals surface area contributed by atoms with Crippen LogP contribution in [-0.4, -0.2) is 32.4 Å². The van der Waals surface area contributed by atoms with Gasteiger partial charge in [-0.05, 0) is 42.5 Å². The van der Waals surface area contributed by atoms with Gasteiger partial charge in [0.25, 0.3) is 11.5 Å². The molecule has 5 aromatic rings. The first kappa shape index (κ1) is 21.9. The third-order valence-electron chi connectivity index (χ3n) is 5.18. The molecule has 0 atom stereocenters.